The van der Waals surface area contributed by atoms with Crippen LogP contribution in [0.4, 0.5) is 0 Å². The molecule has 0 radical (unpaired) electrons. The van der Waals surface area contributed by atoms with Gasteiger partial charge in [0.25, 0.3) is 0 Å². The molecule has 0 fully saturated rings. The van der Waals surface area contributed by atoms with Crippen molar-refractivity contribution in [1.82, 2.24) is 0 Å². The molecule has 0 aliphatic rings. The van der Waals surface area contributed by atoms with Gasteiger partial charge in [-0.2, -0.15) is 0 Å². The van der Waals surface area contributed by atoms with Crippen molar-refractivity contribution in [3.05, 3.63) is 36.5 Å². The molecule has 0 heterocycles. The number of hydrogen-bond acceptors (Lipinski definition) is 6. The topological polar surface area (TPSA) is 78.9 Å². The van der Waals surface area contributed by atoms with E-state index < -0.39 is 6.10 Å². The van der Waals surface area contributed by atoms with Crippen LogP contribution in [0, 0.1) is 0 Å². The number of ether oxygens (including phenoxy) is 3. The third kappa shape index (κ3) is 52.5. The molecule has 0 saturated carbocycles. The third-order valence-corrected chi connectivity index (χ3v) is 12.6. The minimum atomic E-state index is -0.778. The first-order chi connectivity index (χ1) is 32.0. The van der Waals surface area contributed by atoms with Crippen molar-refractivity contribution < 1.29 is 28.6 Å². The van der Waals surface area contributed by atoms with Gasteiger partial charge in [-0.05, 0) is 96.3 Å². The Morgan fingerprint density at radius 3 is 0.769 bits per heavy atom. The Kier molecular flexibility index (Phi) is 52.3. The average molecular weight is 914 g/mol. The Labute approximate surface area is 404 Å². The van der Waals surface area contributed by atoms with Crippen LogP contribution < -0.4 is 0 Å². The Morgan fingerprint density at radius 1 is 0.292 bits per heavy atom. The minimum absolute atomic E-state index is 0.0771. The molecule has 0 spiro atoms. The van der Waals surface area contributed by atoms with E-state index in [4.69, 9.17) is 14.2 Å². The van der Waals surface area contributed by atoms with Crippen molar-refractivity contribution in [2.45, 2.75) is 309 Å². The van der Waals surface area contributed by atoms with Gasteiger partial charge in [-0.15, -0.1) is 0 Å². The maximum atomic E-state index is 12.8. The van der Waals surface area contributed by atoms with E-state index in [1.165, 1.54) is 193 Å². The standard InChI is InChI=1S/C59H108O6/c1-4-7-10-13-16-19-22-25-28-29-30-31-32-35-37-40-43-46-49-52-58(61)64-55-56(65-59(62)53-50-47-44-41-38-34-27-24-21-18-15-12-9-6-3)54-63-57(60)51-48-45-42-39-36-33-26-23-20-17-14-11-8-5-2/h23-28,56H,4-22,29-55H2,1-3H3/b26-23-,27-24-,28-25-/t56-/m1/s1. The SMILES string of the molecule is CCCCCCC/C=C\CCCCCCCC(=O)OC[C@H](COC(=O)CCCCCCCCCCC/C=C\CCCCCCCC)OC(=O)CCCCCCC/C=C\CCCCCCC. The molecule has 6 nitrogen and oxygen atoms in total. The Balaban J connectivity index is 4.34. The van der Waals surface area contributed by atoms with Gasteiger partial charge < -0.3 is 14.2 Å². The summed E-state index contributed by atoms with van der Waals surface area (Å²) < 4.78 is 16.8. The maximum Gasteiger partial charge on any atom is 0.306 e. The normalized spacial score (nSPS) is 12.2. The molecule has 65 heavy (non-hydrogen) atoms. The maximum absolute atomic E-state index is 12.8. The summed E-state index contributed by atoms with van der Waals surface area (Å²) in [6.07, 6.45) is 64.1. The molecular weight excluding hydrogens is 805 g/mol. The highest BCUT2D eigenvalue weighted by Crippen LogP contribution is 2.15. The lowest BCUT2D eigenvalue weighted by Crippen LogP contribution is -2.30. The van der Waals surface area contributed by atoms with E-state index in [9.17, 15) is 14.4 Å². The molecule has 0 aromatic rings. The van der Waals surface area contributed by atoms with Crippen molar-refractivity contribution in [3.63, 3.8) is 0 Å². The molecule has 0 amide bonds. The van der Waals surface area contributed by atoms with Gasteiger partial charge in [-0.3, -0.25) is 14.4 Å². The fourth-order valence-corrected chi connectivity index (χ4v) is 8.25. The molecule has 0 saturated heterocycles. The number of rotatable bonds is 52. The zero-order valence-electron chi connectivity index (χ0n) is 43.5. The van der Waals surface area contributed by atoms with Crippen molar-refractivity contribution in [1.29, 1.82) is 0 Å². The Bertz CT molecular complexity index is 1090. The number of carbonyl (C=O) groups is 3. The fraction of sp³-hybridized carbons (Fsp3) is 0.847. The first-order valence-electron chi connectivity index (χ1n) is 28.5. The van der Waals surface area contributed by atoms with Gasteiger partial charge in [-0.1, -0.05) is 224 Å². The zero-order chi connectivity index (χ0) is 47.2. The number of unbranched alkanes of at least 4 members (excludes halogenated alkanes) is 35. The fourth-order valence-electron chi connectivity index (χ4n) is 8.25. The van der Waals surface area contributed by atoms with Crippen molar-refractivity contribution in [2.24, 2.45) is 0 Å². The van der Waals surface area contributed by atoms with Crippen molar-refractivity contribution in [2.75, 3.05) is 13.2 Å². The van der Waals surface area contributed by atoms with Crippen LogP contribution in [0.3, 0.4) is 0 Å². The average Bonchev–Trinajstić information content (AvgIpc) is 3.30. The molecule has 380 valence electrons. The predicted octanol–water partition coefficient (Wildman–Crippen LogP) is 18.9. The van der Waals surface area contributed by atoms with Crippen LogP contribution >= 0.6 is 0 Å². The largest absolute Gasteiger partial charge is 0.462 e. The van der Waals surface area contributed by atoms with Crippen molar-refractivity contribution >= 4 is 17.9 Å². The Morgan fingerprint density at radius 2 is 0.508 bits per heavy atom. The van der Waals surface area contributed by atoms with Crippen molar-refractivity contribution in [3.8, 4) is 0 Å². The van der Waals surface area contributed by atoms with E-state index in [-0.39, 0.29) is 31.1 Å². The molecular formula is C59H108O6. The molecule has 1 atom stereocenters. The van der Waals surface area contributed by atoms with Crippen LogP contribution in [0.5, 0.6) is 0 Å². The van der Waals surface area contributed by atoms with Crippen LogP contribution in [-0.2, 0) is 28.6 Å². The smallest absolute Gasteiger partial charge is 0.306 e. The second kappa shape index (κ2) is 54.2. The van der Waals surface area contributed by atoms with E-state index >= 15 is 0 Å². The summed E-state index contributed by atoms with van der Waals surface area (Å²) >= 11 is 0. The highest BCUT2D eigenvalue weighted by molar-refractivity contribution is 5.71. The number of carbonyl (C=O) groups excluding carboxylic acids is 3. The molecule has 0 rings (SSSR count). The van der Waals surface area contributed by atoms with Gasteiger partial charge in [0, 0.05) is 19.3 Å². The van der Waals surface area contributed by atoms with Gasteiger partial charge in [0.15, 0.2) is 6.10 Å². The van der Waals surface area contributed by atoms with Crippen LogP contribution in [0.1, 0.15) is 303 Å². The molecule has 0 aliphatic carbocycles. The number of hydrogen-bond donors (Lipinski definition) is 0. The second-order valence-electron chi connectivity index (χ2n) is 19.2. The summed E-state index contributed by atoms with van der Waals surface area (Å²) in [5.74, 6) is -0.883. The van der Waals surface area contributed by atoms with Gasteiger partial charge in [0.1, 0.15) is 13.2 Å². The molecule has 0 N–H and O–H groups in total. The van der Waals surface area contributed by atoms with E-state index in [1.54, 1.807) is 0 Å². The summed E-state index contributed by atoms with van der Waals surface area (Å²) in [5, 5.41) is 0. The lowest BCUT2D eigenvalue weighted by Gasteiger charge is -2.18. The molecule has 0 aromatic carbocycles. The van der Waals surface area contributed by atoms with Gasteiger partial charge >= 0.3 is 17.9 Å². The van der Waals surface area contributed by atoms with Gasteiger partial charge in [0.05, 0.1) is 0 Å². The third-order valence-electron chi connectivity index (χ3n) is 12.6. The summed E-state index contributed by atoms with van der Waals surface area (Å²) in [6, 6.07) is 0. The quantitative estimate of drug-likeness (QED) is 0.0262. The van der Waals surface area contributed by atoms with Crippen LogP contribution in [-0.4, -0.2) is 37.2 Å². The molecule has 6 heteroatoms. The molecule has 0 aliphatic heterocycles. The monoisotopic (exact) mass is 913 g/mol. The van der Waals surface area contributed by atoms with Crippen LogP contribution in [0.15, 0.2) is 36.5 Å². The number of allylic oxidation sites excluding steroid dienone is 6. The summed E-state index contributed by atoms with van der Waals surface area (Å²) in [4.78, 5) is 38.1. The van der Waals surface area contributed by atoms with Gasteiger partial charge in [-0.25, -0.2) is 0 Å². The summed E-state index contributed by atoms with van der Waals surface area (Å²) in [5.41, 5.74) is 0. The van der Waals surface area contributed by atoms with E-state index in [0.29, 0.717) is 19.3 Å². The summed E-state index contributed by atoms with van der Waals surface area (Å²) in [7, 11) is 0. The predicted molar refractivity (Wildman–Crippen MR) is 279 cm³/mol. The molecule has 0 bridgehead atoms. The van der Waals surface area contributed by atoms with E-state index in [1.807, 2.05) is 0 Å². The van der Waals surface area contributed by atoms with E-state index in [2.05, 4.69) is 57.2 Å². The highest BCUT2D eigenvalue weighted by Gasteiger charge is 2.19. The lowest BCUT2D eigenvalue weighted by atomic mass is 10.1. The molecule has 0 aromatic heterocycles. The summed E-state index contributed by atoms with van der Waals surface area (Å²) in [6.45, 7) is 6.63. The highest BCUT2D eigenvalue weighted by atomic mass is 16.6. The lowest BCUT2D eigenvalue weighted by molar-refractivity contribution is -0.167. The minimum Gasteiger partial charge on any atom is -0.462 e. The second-order valence-corrected chi connectivity index (χ2v) is 19.2. The first-order valence-corrected chi connectivity index (χ1v) is 28.5. The molecule has 0 unspecified atom stereocenters. The van der Waals surface area contributed by atoms with Crippen LogP contribution in [0.25, 0.3) is 0 Å². The first kappa shape index (κ1) is 62.6. The Hall–Kier alpha value is -2.37. The van der Waals surface area contributed by atoms with Gasteiger partial charge in [0.2, 0.25) is 0 Å². The number of esters is 3. The van der Waals surface area contributed by atoms with Crippen LogP contribution in [0.2, 0.25) is 0 Å². The van der Waals surface area contributed by atoms with E-state index in [0.717, 1.165) is 70.6 Å². The zero-order valence-corrected chi connectivity index (χ0v) is 43.5.